The molecule has 1 aliphatic rings. The SMILES string of the molecule is Cc1ccc(CN(C)C(=O)COC(=O)COc2ccc3c(c2)CCC3)cc1. The number of hydrogen-bond donors (Lipinski definition) is 0. The number of hydrogen-bond acceptors (Lipinski definition) is 4. The van der Waals surface area contributed by atoms with Crippen LogP contribution in [0.2, 0.25) is 0 Å². The second-order valence-corrected chi connectivity index (χ2v) is 6.97. The average molecular weight is 367 g/mol. The minimum atomic E-state index is -0.549. The van der Waals surface area contributed by atoms with Gasteiger partial charge in [0.05, 0.1) is 0 Å². The van der Waals surface area contributed by atoms with Crippen molar-refractivity contribution in [1.29, 1.82) is 0 Å². The van der Waals surface area contributed by atoms with E-state index in [-0.39, 0.29) is 19.1 Å². The molecule has 0 saturated carbocycles. The lowest BCUT2D eigenvalue weighted by Crippen LogP contribution is -2.31. The zero-order valence-corrected chi connectivity index (χ0v) is 15.9. The smallest absolute Gasteiger partial charge is 0.344 e. The average Bonchev–Trinajstić information content (AvgIpc) is 3.14. The van der Waals surface area contributed by atoms with Crippen LogP contribution < -0.4 is 4.74 Å². The molecular formula is C22H25NO4. The van der Waals surface area contributed by atoms with Gasteiger partial charge in [-0.1, -0.05) is 35.9 Å². The van der Waals surface area contributed by atoms with Crippen molar-refractivity contribution < 1.29 is 19.1 Å². The maximum atomic E-state index is 12.1. The Morgan fingerprint density at radius 2 is 1.74 bits per heavy atom. The van der Waals surface area contributed by atoms with E-state index in [0.717, 1.165) is 18.4 Å². The molecule has 0 aromatic heterocycles. The summed E-state index contributed by atoms with van der Waals surface area (Å²) in [6.45, 7) is 2.01. The van der Waals surface area contributed by atoms with E-state index in [9.17, 15) is 9.59 Å². The summed E-state index contributed by atoms with van der Waals surface area (Å²) in [5, 5.41) is 0. The van der Waals surface area contributed by atoms with Gasteiger partial charge in [0.25, 0.3) is 5.91 Å². The molecule has 0 aliphatic heterocycles. The van der Waals surface area contributed by atoms with E-state index in [1.807, 2.05) is 49.4 Å². The van der Waals surface area contributed by atoms with Gasteiger partial charge >= 0.3 is 5.97 Å². The first-order chi connectivity index (χ1) is 13.0. The number of rotatable bonds is 7. The van der Waals surface area contributed by atoms with E-state index in [4.69, 9.17) is 9.47 Å². The van der Waals surface area contributed by atoms with Crippen LogP contribution >= 0.6 is 0 Å². The highest BCUT2D eigenvalue weighted by Gasteiger charge is 2.14. The van der Waals surface area contributed by atoms with Crippen molar-refractivity contribution in [2.45, 2.75) is 32.7 Å². The molecule has 0 radical (unpaired) electrons. The fourth-order valence-corrected chi connectivity index (χ4v) is 3.13. The van der Waals surface area contributed by atoms with Crippen molar-refractivity contribution >= 4 is 11.9 Å². The third-order valence-corrected chi connectivity index (χ3v) is 4.75. The topological polar surface area (TPSA) is 55.8 Å². The Kier molecular flexibility index (Phi) is 6.12. The first-order valence-corrected chi connectivity index (χ1v) is 9.21. The standard InChI is InChI=1S/C22H25NO4/c1-16-6-8-17(9-7-16)13-23(2)21(24)14-27-22(25)15-26-20-11-10-18-4-3-5-19(18)12-20/h6-12H,3-5,13-15H2,1-2H3. The molecule has 2 aromatic rings. The second-order valence-electron chi connectivity index (χ2n) is 6.97. The summed E-state index contributed by atoms with van der Waals surface area (Å²) >= 11 is 0. The van der Waals surface area contributed by atoms with E-state index in [1.54, 1.807) is 11.9 Å². The molecule has 1 aliphatic carbocycles. The summed E-state index contributed by atoms with van der Waals surface area (Å²) < 4.78 is 10.5. The largest absolute Gasteiger partial charge is 0.482 e. The Bertz CT molecular complexity index is 814. The van der Waals surface area contributed by atoms with Gasteiger partial charge in [0.15, 0.2) is 13.2 Å². The number of aryl methyl sites for hydroxylation is 3. The minimum Gasteiger partial charge on any atom is -0.482 e. The van der Waals surface area contributed by atoms with Gasteiger partial charge in [0.1, 0.15) is 5.75 Å². The third-order valence-electron chi connectivity index (χ3n) is 4.75. The van der Waals surface area contributed by atoms with Crippen LogP contribution in [-0.2, 0) is 33.7 Å². The van der Waals surface area contributed by atoms with Gasteiger partial charge in [-0.2, -0.15) is 0 Å². The first kappa shape index (κ1) is 19.0. The lowest BCUT2D eigenvalue weighted by atomic mass is 10.1. The maximum Gasteiger partial charge on any atom is 0.344 e. The van der Waals surface area contributed by atoms with Crippen molar-refractivity contribution in [2.24, 2.45) is 0 Å². The number of benzene rings is 2. The van der Waals surface area contributed by atoms with Gasteiger partial charge in [-0.05, 0) is 55.0 Å². The van der Waals surface area contributed by atoms with Gasteiger partial charge < -0.3 is 14.4 Å². The Morgan fingerprint density at radius 3 is 2.52 bits per heavy atom. The van der Waals surface area contributed by atoms with Crippen molar-refractivity contribution in [3.05, 3.63) is 64.7 Å². The minimum absolute atomic E-state index is 0.201. The molecule has 5 nitrogen and oxygen atoms in total. The fourth-order valence-electron chi connectivity index (χ4n) is 3.13. The lowest BCUT2D eigenvalue weighted by Gasteiger charge is -2.17. The van der Waals surface area contributed by atoms with Crippen molar-refractivity contribution in [3.8, 4) is 5.75 Å². The monoisotopic (exact) mass is 367 g/mol. The summed E-state index contributed by atoms with van der Waals surface area (Å²) in [5.41, 5.74) is 4.84. The number of ether oxygens (including phenoxy) is 2. The number of carbonyl (C=O) groups is 2. The molecule has 0 heterocycles. The molecule has 0 bridgehead atoms. The van der Waals surface area contributed by atoms with Crippen LogP contribution in [0.3, 0.4) is 0 Å². The van der Waals surface area contributed by atoms with Gasteiger partial charge in [-0.3, -0.25) is 4.79 Å². The highest BCUT2D eigenvalue weighted by Crippen LogP contribution is 2.25. The molecule has 0 saturated heterocycles. The van der Waals surface area contributed by atoms with Crippen LogP contribution in [-0.4, -0.2) is 37.0 Å². The third kappa shape index (κ3) is 5.33. The molecular weight excluding hydrogens is 342 g/mol. The summed E-state index contributed by atoms with van der Waals surface area (Å²) in [6, 6.07) is 13.9. The molecule has 0 atom stereocenters. The van der Waals surface area contributed by atoms with E-state index in [1.165, 1.54) is 23.1 Å². The molecule has 27 heavy (non-hydrogen) atoms. The second kappa shape index (κ2) is 8.71. The predicted octanol–water partition coefficient (Wildman–Crippen LogP) is 3.06. The van der Waals surface area contributed by atoms with E-state index in [2.05, 4.69) is 0 Å². The number of nitrogens with zero attached hydrogens (tertiary/aromatic N) is 1. The summed E-state index contributed by atoms with van der Waals surface area (Å²) in [6.07, 6.45) is 3.33. The van der Waals surface area contributed by atoms with Crippen LogP contribution in [0.25, 0.3) is 0 Å². The highest BCUT2D eigenvalue weighted by atomic mass is 16.6. The van der Waals surface area contributed by atoms with Crippen LogP contribution in [0.15, 0.2) is 42.5 Å². The molecule has 0 fully saturated rings. The number of amides is 1. The summed E-state index contributed by atoms with van der Waals surface area (Å²) in [5.74, 6) is -0.135. The summed E-state index contributed by atoms with van der Waals surface area (Å²) in [7, 11) is 1.69. The highest BCUT2D eigenvalue weighted by molar-refractivity contribution is 5.80. The molecule has 2 aromatic carbocycles. The van der Waals surface area contributed by atoms with Crippen LogP contribution in [0.5, 0.6) is 5.75 Å². The zero-order valence-electron chi connectivity index (χ0n) is 15.9. The van der Waals surface area contributed by atoms with Crippen molar-refractivity contribution in [2.75, 3.05) is 20.3 Å². The number of carbonyl (C=O) groups excluding carboxylic acids is 2. The van der Waals surface area contributed by atoms with E-state index < -0.39 is 5.97 Å². The molecule has 1 amide bonds. The van der Waals surface area contributed by atoms with Crippen LogP contribution in [0.1, 0.15) is 28.7 Å². The molecule has 3 rings (SSSR count). The van der Waals surface area contributed by atoms with Crippen LogP contribution in [0.4, 0.5) is 0 Å². The number of esters is 1. The lowest BCUT2D eigenvalue weighted by molar-refractivity contribution is -0.153. The normalized spacial score (nSPS) is 12.4. The predicted molar refractivity (Wildman–Crippen MR) is 103 cm³/mol. The number of likely N-dealkylation sites (N-methyl/N-ethyl adjacent to an activating group) is 1. The van der Waals surface area contributed by atoms with Crippen molar-refractivity contribution in [1.82, 2.24) is 4.90 Å². The first-order valence-electron chi connectivity index (χ1n) is 9.21. The van der Waals surface area contributed by atoms with Gasteiger partial charge in [-0.25, -0.2) is 4.79 Å². The molecule has 5 heteroatoms. The number of fused-ring (bicyclic) bond motifs is 1. The van der Waals surface area contributed by atoms with E-state index in [0.29, 0.717) is 12.3 Å². The molecule has 142 valence electrons. The Morgan fingerprint density at radius 1 is 1.00 bits per heavy atom. The quantitative estimate of drug-likeness (QED) is 0.706. The van der Waals surface area contributed by atoms with Crippen molar-refractivity contribution in [3.63, 3.8) is 0 Å². The molecule has 0 N–H and O–H groups in total. The molecule has 0 spiro atoms. The Labute approximate surface area is 159 Å². The fraction of sp³-hybridized carbons (Fsp3) is 0.364. The summed E-state index contributed by atoms with van der Waals surface area (Å²) in [4.78, 5) is 25.5. The van der Waals surface area contributed by atoms with Gasteiger partial charge in [0, 0.05) is 13.6 Å². The van der Waals surface area contributed by atoms with Gasteiger partial charge in [-0.15, -0.1) is 0 Å². The van der Waals surface area contributed by atoms with Crippen LogP contribution in [0, 0.1) is 6.92 Å². The van der Waals surface area contributed by atoms with Gasteiger partial charge in [0.2, 0.25) is 0 Å². The zero-order chi connectivity index (χ0) is 19.2. The van der Waals surface area contributed by atoms with E-state index >= 15 is 0 Å². The maximum absolute atomic E-state index is 12.1. The Balaban J connectivity index is 1.40. The molecule has 0 unspecified atom stereocenters. The Hall–Kier alpha value is -2.82.